The van der Waals surface area contributed by atoms with Crippen molar-refractivity contribution in [2.45, 2.75) is 42.9 Å². The summed E-state index contributed by atoms with van der Waals surface area (Å²) in [5, 5.41) is 6.96. The highest BCUT2D eigenvalue weighted by Gasteiger charge is 2.28. The van der Waals surface area contributed by atoms with E-state index in [2.05, 4.69) is 36.4 Å². The molecule has 0 spiro atoms. The lowest BCUT2D eigenvalue weighted by molar-refractivity contribution is -0.118. The lowest BCUT2D eigenvalue weighted by Crippen LogP contribution is -2.26. The minimum absolute atomic E-state index is 0.0407. The van der Waals surface area contributed by atoms with Crippen LogP contribution in [-0.4, -0.2) is 43.4 Å². The minimum Gasteiger partial charge on any atom is -0.399 e. The average Bonchev–Trinajstić information content (AvgIpc) is 2.74. The lowest BCUT2D eigenvalue weighted by Gasteiger charge is -2.27. The molecule has 0 bridgehead atoms. The van der Waals surface area contributed by atoms with Crippen molar-refractivity contribution in [1.82, 2.24) is 9.97 Å². The van der Waals surface area contributed by atoms with Gasteiger partial charge in [0.25, 0.3) is 0 Å². The summed E-state index contributed by atoms with van der Waals surface area (Å²) in [4.78, 5) is 26.4. The number of hydrogen-bond donors (Lipinski definition) is 1. The minimum atomic E-state index is -3.47. The normalized spacial score (nSPS) is 17.5. The summed E-state index contributed by atoms with van der Waals surface area (Å²) >= 11 is 9.49. The second-order valence-electron chi connectivity index (χ2n) is 7.75. The van der Waals surface area contributed by atoms with Crippen molar-refractivity contribution in [3.05, 3.63) is 45.8 Å². The van der Waals surface area contributed by atoms with Crippen molar-refractivity contribution < 1.29 is 18.0 Å². The number of benzene rings is 1. The maximum absolute atomic E-state index is 13.2. The van der Waals surface area contributed by atoms with Gasteiger partial charge in [-0.2, -0.15) is 0 Å². The van der Waals surface area contributed by atoms with Crippen molar-refractivity contribution in [1.29, 1.82) is 0 Å². The lowest BCUT2D eigenvalue weighted by atomic mass is 9.79. The fourth-order valence-electron chi connectivity index (χ4n) is 3.82. The number of nitrogens with zero attached hydrogens (tertiary/aromatic N) is 3. The van der Waals surface area contributed by atoms with E-state index in [1.807, 2.05) is 0 Å². The highest BCUT2D eigenvalue weighted by atomic mass is 79.9. The Morgan fingerprint density at radius 2 is 2.03 bits per heavy atom. The zero-order valence-corrected chi connectivity index (χ0v) is 20.9. The van der Waals surface area contributed by atoms with Crippen molar-refractivity contribution in [3.63, 3.8) is 0 Å². The number of aromatic nitrogens is 2. The first-order valence-electron chi connectivity index (χ1n) is 10.0. The van der Waals surface area contributed by atoms with Crippen LogP contribution in [0.1, 0.15) is 43.6 Å². The molecule has 3 rings (SSSR count). The van der Waals surface area contributed by atoms with Crippen LogP contribution in [0.15, 0.2) is 45.2 Å². The zero-order chi connectivity index (χ0) is 23.3. The van der Waals surface area contributed by atoms with Crippen LogP contribution in [0.25, 0.3) is 0 Å². The fraction of sp³-hybridized carbons (Fsp3) is 0.429. The summed E-state index contributed by atoms with van der Waals surface area (Å²) in [6, 6.07) is 4.67. The van der Waals surface area contributed by atoms with E-state index in [4.69, 9.17) is 16.4 Å². The quantitative estimate of drug-likeness (QED) is 0.511. The Hall–Kier alpha value is -2.04. The second-order valence-corrected chi connectivity index (χ2v) is 11.0. The number of amides is 1. The highest BCUT2D eigenvalue weighted by Crippen LogP contribution is 2.35. The van der Waals surface area contributed by atoms with E-state index in [0.717, 1.165) is 37.7 Å². The summed E-state index contributed by atoms with van der Waals surface area (Å²) in [5.41, 5.74) is 1.68. The molecular weight excluding hydrogens is 520 g/mol. The van der Waals surface area contributed by atoms with E-state index in [-0.39, 0.29) is 15.8 Å². The Bertz CT molecular complexity index is 1100. The third-order valence-electron chi connectivity index (χ3n) is 5.42. The second kappa shape index (κ2) is 10.7. The molecule has 1 atom stereocenters. The van der Waals surface area contributed by atoms with Crippen LogP contribution >= 0.6 is 27.5 Å². The number of halogens is 2. The molecule has 172 valence electrons. The van der Waals surface area contributed by atoms with Gasteiger partial charge in [0, 0.05) is 6.26 Å². The first-order valence-corrected chi connectivity index (χ1v) is 13.1. The van der Waals surface area contributed by atoms with Gasteiger partial charge >= 0.3 is 0 Å². The Labute approximate surface area is 200 Å². The molecule has 1 aromatic carbocycles. The van der Waals surface area contributed by atoms with Crippen molar-refractivity contribution in [2.24, 2.45) is 11.1 Å². The molecule has 1 N–H and O–H groups in total. The maximum Gasteiger partial charge on any atom is 0.233 e. The molecule has 1 saturated carbocycles. The summed E-state index contributed by atoms with van der Waals surface area (Å²) in [6.07, 6.45) is 8.07. The molecule has 1 amide bonds. The van der Waals surface area contributed by atoms with E-state index in [9.17, 15) is 13.2 Å². The molecule has 1 aliphatic carbocycles. The van der Waals surface area contributed by atoms with Crippen LogP contribution in [0.2, 0.25) is 5.02 Å². The van der Waals surface area contributed by atoms with Gasteiger partial charge in [-0.15, -0.1) is 0 Å². The van der Waals surface area contributed by atoms with Gasteiger partial charge in [-0.1, -0.05) is 22.8 Å². The third kappa shape index (κ3) is 6.49. The number of rotatable bonds is 7. The van der Waals surface area contributed by atoms with Crippen LogP contribution in [0.4, 0.5) is 5.82 Å². The molecule has 0 radical (unpaired) electrons. The first-order chi connectivity index (χ1) is 15.2. The third-order valence-corrected chi connectivity index (χ3v) is 7.41. The monoisotopic (exact) mass is 542 g/mol. The Morgan fingerprint density at radius 1 is 1.31 bits per heavy atom. The molecule has 0 aliphatic heterocycles. The molecule has 1 aromatic heterocycles. The van der Waals surface area contributed by atoms with Crippen molar-refractivity contribution >= 4 is 54.8 Å². The van der Waals surface area contributed by atoms with Gasteiger partial charge in [0.15, 0.2) is 15.7 Å². The summed E-state index contributed by atoms with van der Waals surface area (Å²) in [6.45, 7) is 0. The highest BCUT2D eigenvalue weighted by molar-refractivity contribution is 9.10. The predicted octanol–water partition coefficient (Wildman–Crippen LogP) is 4.60. The molecule has 32 heavy (non-hydrogen) atoms. The molecule has 1 fully saturated rings. The van der Waals surface area contributed by atoms with Crippen LogP contribution < -0.4 is 5.32 Å². The standard InChI is InChI=1S/C21H24BrClN4O4S/c1-31-27-15-6-3-13(4-7-15)9-16(21(28)26-20-12-24-19(22)11-25-20)14-5-8-18(17(23)10-14)32(2,29)30/h5,8,10-13,16H,3-4,6-7,9H2,1-2H3,(H,25,26,28)/t13?,16-/m1/s1. The van der Waals surface area contributed by atoms with E-state index >= 15 is 0 Å². The SMILES string of the molecule is CON=C1CCC(C[C@@H](C(=O)Nc2cnc(Br)cn2)c2ccc(S(C)(=O)=O)c(Cl)c2)CC1. The maximum atomic E-state index is 13.2. The van der Waals surface area contributed by atoms with Gasteiger partial charge in [-0.05, 0) is 71.6 Å². The molecule has 1 aliphatic rings. The zero-order valence-electron chi connectivity index (χ0n) is 17.7. The number of carbonyl (C=O) groups excluding carboxylic acids is 1. The van der Waals surface area contributed by atoms with Gasteiger partial charge in [-0.25, -0.2) is 18.4 Å². The van der Waals surface area contributed by atoms with Crippen LogP contribution in [0.5, 0.6) is 0 Å². The van der Waals surface area contributed by atoms with Crippen molar-refractivity contribution in [2.75, 3.05) is 18.7 Å². The molecule has 8 nitrogen and oxygen atoms in total. The van der Waals surface area contributed by atoms with Crippen molar-refractivity contribution in [3.8, 4) is 0 Å². The van der Waals surface area contributed by atoms with Crippen LogP contribution in [0, 0.1) is 5.92 Å². The number of nitrogens with one attached hydrogen (secondary N) is 1. The Morgan fingerprint density at radius 3 is 2.59 bits per heavy atom. The van der Waals surface area contributed by atoms with Crippen LogP contribution in [-0.2, 0) is 19.5 Å². The van der Waals surface area contributed by atoms with Gasteiger partial charge in [0.05, 0.1) is 33.9 Å². The summed E-state index contributed by atoms with van der Waals surface area (Å²) in [7, 11) is -1.93. The fourth-order valence-corrected chi connectivity index (χ4v) is 5.36. The molecule has 0 unspecified atom stereocenters. The number of oxime groups is 1. The predicted molar refractivity (Wildman–Crippen MR) is 127 cm³/mol. The molecular formula is C21H24BrClN4O4S. The van der Waals surface area contributed by atoms with E-state index in [0.29, 0.717) is 28.3 Å². The van der Waals surface area contributed by atoms with Gasteiger partial charge < -0.3 is 10.2 Å². The van der Waals surface area contributed by atoms with Gasteiger partial charge in [0.2, 0.25) is 5.91 Å². The molecule has 1 heterocycles. The van der Waals surface area contributed by atoms with E-state index in [1.165, 1.54) is 25.6 Å². The van der Waals surface area contributed by atoms with E-state index in [1.54, 1.807) is 12.1 Å². The molecule has 11 heteroatoms. The number of anilines is 1. The van der Waals surface area contributed by atoms with Gasteiger partial charge in [-0.3, -0.25) is 4.79 Å². The average molecular weight is 544 g/mol. The smallest absolute Gasteiger partial charge is 0.233 e. The number of hydrogen-bond acceptors (Lipinski definition) is 7. The van der Waals surface area contributed by atoms with Crippen LogP contribution in [0.3, 0.4) is 0 Å². The van der Waals surface area contributed by atoms with E-state index < -0.39 is 15.8 Å². The number of carbonyl (C=O) groups is 1. The summed E-state index contributed by atoms with van der Waals surface area (Å²) < 4.78 is 24.4. The summed E-state index contributed by atoms with van der Waals surface area (Å²) in [5.74, 6) is -0.148. The van der Waals surface area contributed by atoms with Gasteiger partial charge in [0.1, 0.15) is 11.7 Å². The first kappa shape index (κ1) is 24.6. The molecule has 2 aromatic rings. The Kier molecular flexibility index (Phi) is 8.24. The molecule has 0 saturated heterocycles. The number of sulfone groups is 1. The largest absolute Gasteiger partial charge is 0.399 e. The topological polar surface area (TPSA) is 111 Å². The Balaban J connectivity index is 1.85.